The maximum atomic E-state index is 11.5. The van der Waals surface area contributed by atoms with Crippen LogP contribution in [0.4, 0.5) is 0 Å². The molecule has 4 nitrogen and oxygen atoms in total. The van der Waals surface area contributed by atoms with Gasteiger partial charge in [-0.3, -0.25) is 4.79 Å². The summed E-state index contributed by atoms with van der Waals surface area (Å²) in [5.74, 6) is 0.859. The summed E-state index contributed by atoms with van der Waals surface area (Å²) in [5, 5.41) is 2.87. The van der Waals surface area contributed by atoms with Crippen molar-refractivity contribution in [2.45, 2.75) is 20.4 Å². The molecule has 2 aromatic rings. The van der Waals surface area contributed by atoms with Crippen molar-refractivity contribution in [3.8, 4) is 5.69 Å². The zero-order valence-corrected chi connectivity index (χ0v) is 10.6. The molecule has 0 saturated carbocycles. The van der Waals surface area contributed by atoms with Crippen molar-refractivity contribution in [3.05, 3.63) is 48.5 Å². The first-order valence-electron chi connectivity index (χ1n) is 6.04. The molecule has 0 unspecified atom stereocenters. The zero-order chi connectivity index (χ0) is 13.0. The van der Waals surface area contributed by atoms with Crippen LogP contribution in [-0.4, -0.2) is 15.5 Å². The molecular formula is C14H17N3O. The van der Waals surface area contributed by atoms with E-state index in [0.29, 0.717) is 6.54 Å². The molecule has 0 spiro atoms. The summed E-state index contributed by atoms with van der Waals surface area (Å²) in [6, 6.07) is 9.95. The Kier molecular flexibility index (Phi) is 3.77. The van der Waals surface area contributed by atoms with Crippen LogP contribution >= 0.6 is 0 Å². The average molecular weight is 243 g/mol. The van der Waals surface area contributed by atoms with Gasteiger partial charge in [-0.05, 0) is 12.1 Å². The average Bonchev–Trinajstić information content (AvgIpc) is 2.85. The van der Waals surface area contributed by atoms with Gasteiger partial charge in [-0.2, -0.15) is 0 Å². The van der Waals surface area contributed by atoms with Crippen molar-refractivity contribution in [1.82, 2.24) is 14.9 Å². The number of hydrogen-bond acceptors (Lipinski definition) is 2. The van der Waals surface area contributed by atoms with E-state index in [0.717, 1.165) is 11.5 Å². The van der Waals surface area contributed by atoms with Crippen LogP contribution in [0.1, 0.15) is 19.7 Å². The molecule has 4 heteroatoms. The third-order valence-corrected chi connectivity index (χ3v) is 2.70. The standard InChI is InChI=1S/C14H17N3O/c1-11(2)14(18)16-10-13-15-8-9-17(13)12-6-4-3-5-7-12/h3-9,11H,10H2,1-2H3,(H,16,18). The van der Waals surface area contributed by atoms with Crippen molar-refractivity contribution in [1.29, 1.82) is 0 Å². The van der Waals surface area contributed by atoms with E-state index in [9.17, 15) is 4.79 Å². The van der Waals surface area contributed by atoms with Gasteiger partial charge in [0.05, 0.1) is 6.54 Å². The second kappa shape index (κ2) is 5.49. The lowest BCUT2D eigenvalue weighted by atomic mass is 10.2. The van der Waals surface area contributed by atoms with Crippen LogP contribution in [0.5, 0.6) is 0 Å². The van der Waals surface area contributed by atoms with Crippen LogP contribution in [0.25, 0.3) is 5.69 Å². The molecule has 0 saturated heterocycles. The Morgan fingerprint density at radius 3 is 2.72 bits per heavy atom. The van der Waals surface area contributed by atoms with Gasteiger partial charge >= 0.3 is 0 Å². The summed E-state index contributed by atoms with van der Waals surface area (Å²) in [6.07, 6.45) is 3.63. The number of carbonyl (C=O) groups is 1. The fraction of sp³-hybridized carbons (Fsp3) is 0.286. The number of rotatable bonds is 4. The summed E-state index contributed by atoms with van der Waals surface area (Å²) in [5.41, 5.74) is 1.05. The highest BCUT2D eigenvalue weighted by atomic mass is 16.1. The zero-order valence-electron chi connectivity index (χ0n) is 10.6. The molecule has 0 radical (unpaired) electrons. The molecule has 0 atom stereocenters. The van der Waals surface area contributed by atoms with Gasteiger partial charge in [0.25, 0.3) is 0 Å². The number of para-hydroxylation sites is 1. The summed E-state index contributed by atoms with van der Waals surface area (Å²) in [7, 11) is 0. The van der Waals surface area contributed by atoms with Crippen LogP contribution < -0.4 is 5.32 Å². The number of hydrogen-bond donors (Lipinski definition) is 1. The topological polar surface area (TPSA) is 46.9 Å². The number of nitrogens with one attached hydrogen (secondary N) is 1. The minimum absolute atomic E-state index is 0.00913. The van der Waals surface area contributed by atoms with Gasteiger partial charge in [0.1, 0.15) is 5.82 Å². The van der Waals surface area contributed by atoms with Crippen molar-refractivity contribution < 1.29 is 4.79 Å². The van der Waals surface area contributed by atoms with Crippen molar-refractivity contribution in [2.75, 3.05) is 0 Å². The van der Waals surface area contributed by atoms with Gasteiger partial charge in [-0.15, -0.1) is 0 Å². The molecule has 0 aliphatic rings. The molecule has 0 bridgehead atoms. The molecule has 1 aromatic carbocycles. The first-order chi connectivity index (χ1) is 8.68. The highest BCUT2D eigenvalue weighted by Gasteiger charge is 2.09. The van der Waals surface area contributed by atoms with E-state index in [1.54, 1.807) is 6.20 Å². The van der Waals surface area contributed by atoms with Gasteiger partial charge < -0.3 is 9.88 Å². The third-order valence-electron chi connectivity index (χ3n) is 2.70. The third kappa shape index (κ3) is 2.77. The second-order valence-corrected chi connectivity index (χ2v) is 4.42. The number of carbonyl (C=O) groups excluding carboxylic acids is 1. The van der Waals surface area contributed by atoms with Gasteiger partial charge in [0.2, 0.25) is 5.91 Å². The van der Waals surface area contributed by atoms with E-state index >= 15 is 0 Å². The minimum atomic E-state index is -0.00913. The predicted molar refractivity (Wildman–Crippen MR) is 70.2 cm³/mol. The molecule has 0 aliphatic carbocycles. The lowest BCUT2D eigenvalue weighted by Gasteiger charge is -2.10. The molecule has 0 aliphatic heterocycles. The lowest BCUT2D eigenvalue weighted by Crippen LogP contribution is -2.28. The van der Waals surface area contributed by atoms with E-state index in [-0.39, 0.29) is 11.8 Å². The maximum absolute atomic E-state index is 11.5. The second-order valence-electron chi connectivity index (χ2n) is 4.42. The van der Waals surface area contributed by atoms with E-state index in [1.165, 1.54) is 0 Å². The number of aromatic nitrogens is 2. The van der Waals surface area contributed by atoms with Crippen LogP contribution in [0.2, 0.25) is 0 Å². The Hall–Kier alpha value is -2.10. The first kappa shape index (κ1) is 12.4. The van der Waals surface area contributed by atoms with Gasteiger partial charge in [-0.1, -0.05) is 32.0 Å². The Bertz CT molecular complexity index is 517. The molecule has 18 heavy (non-hydrogen) atoms. The summed E-state index contributed by atoms with van der Waals surface area (Å²) < 4.78 is 1.97. The Labute approximate surface area is 107 Å². The number of amides is 1. The quantitative estimate of drug-likeness (QED) is 0.894. The molecule has 1 amide bonds. The van der Waals surface area contributed by atoms with Crippen molar-refractivity contribution >= 4 is 5.91 Å². The van der Waals surface area contributed by atoms with Gasteiger partial charge in [0.15, 0.2) is 0 Å². The van der Waals surface area contributed by atoms with Crippen LogP contribution in [0.3, 0.4) is 0 Å². The highest BCUT2D eigenvalue weighted by Crippen LogP contribution is 2.09. The maximum Gasteiger partial charge on any atom is 0.222 e. The van der Waals surface area contributed by atoms with E-state index < -0.39 is 0 Å². The Morgan fingerprint density at radius 1 is 1.33 bits per heavy atom. The molecule has 94 valence electrons. The van der Waals surface area contributed by atoms with Crippen LogP contribution in [0.15, 0.2) is 42.7 Å². The van der Waals surface area contributed by atoms with Crippen LogP contribution in [-0.2, 0) is 11.3 Å². The largest absolute Gasteiger partial charge is 0.349 e. The van der Waals surface area contributed by atoms with E-state index in [2.05, 4.69) is 10.3 Å². The molecule has 2 rings (SSSR count). The highest BCUT2D eigenvalue weighted by molar-refractivity contribution is 5.77. The van der Waals surface area contributed by atoms with E-state index in [4.69, 9.17) is 0 Å². The Balaban J connectivity index is 2.12. The molecule has 0 fully saturated rings. The Morgan fingerprint density at radius 2 is 2.06 bits per heavy atom. The number of imidazole rings is 1. The fourth-order valence-electron chi connectivity index (χ4n) is 1.66. The summed E-state index contributed by atoms with van der Waals surface area (Å²) in [6.45, 7) is 4.19. The smallest absolute Gasteiger partial charge is 0.222 e. The molecular weight excluding hydrogens is 226 g/mol. The molecule has 1 aromatic heterocycles. The number of nitrogens with zero attached hydrogens (tertiary/aromatic N) is 2. The molecule has 1 N–H and O–H groups in total. The summed E-state index contributed by atoms with van der Waals surface area (Å²) >= 11 is 0. The summed E-state index contributed by atoms with van der Waals surface area (Å²) in [4.78, 5) is 15.8. The van der Waals surface area contributed by atoms with Crippen LogP contribution in [0, 0.1) is 5.92 Å². The predicted octanol–water partition coefficient (Wildman–Crippen LogP) is 2.14. The SMILES string of the molecule is CC(C)C(=O)NCc1nccn1-c1ccccc1. The number of benzene rings is 1. The molecule has 1 heterocycles. The lowest BCUT2D eigenvalue weighted by molar-refractivity contribution is -0.124. The first-order valence-corrected chi connectivity index (χ1v) is 6.04. The van der Waals surface area contributed by atoms with Gasteiger partial charge in [0, 0.05) is 24.0 Å². The monoisotopic (exact) mass is 243 g/mol. The normalized spacial score (nSPS) is 10.6. The van der Waals surface area contributed by atoms with Crippen molar-refractivity contribution in [3.63, 3.8) is 0 Å². The van der Waals surface area contributed by atoms with E-state index in [1.807, 2.05) is 54.9 Å². The fourth-order valence-corrected chi connectivity index (χ4v) is 1.66. The van der Waals surface area contributed by atoms with Gasteiger partial charge in [-0.25, -0.2) is 4.98 Å². The minimum Gasteiger partial charge on any atom is -0.349 e. The van der Waals surface area contributed by atoms with Crippen molar-refractivity contribution in [2.24, 2.45) is 5.92 Å².